The lowest BCUT2D eigenvalue weighted by Crippen LogP contribution is -2.37. The lowest BCUT2D eigenvalue weighted by atomic mass is 10.00. The van der Waals surface area contributed by atoms with Gasteiger partial charge < -0.3 is 14.7 Å². The molecule has 8 nitrogen and oxygen atoms in total. The Hall–Kier alpha value is -3.46. The molecule has 1 unspecified atom stereocenters. The van der Waals surface area contributed by atoms with Crippen LogP contribution in [0.25, 0.3) is 21.4 Å². The summed E-state index contributed by atoms with van der Waals surface area (Å²) < 4.78 is 8.16. The van der Waals surface area contributed by atoms with E-state index in [4.69, 9.17) is 4.52 Å². The quantitative estimate of drug-likeness (QED) is 0.503. The van der Waals surface area contributed by atoms with Gasteiger partial charge in [-0.15, -0.1) is 11.3 Å². The molecule has 0 bridgehead atoms. The van der Waals surface area contributed by atoms with Crippen LogP contribution >= 0.6 is 11.3 Å². The van der Waals surface area contributed by atoms with Crippen molar-refractivity contribution in [1.82, 2.24) is 25.2 Å². The predicted molar refractivity (Wildman–Crippen MR) is 122 cm³/mol. The minimum atomic E-state index is -0.146. The number of aryl methyl sites for hydroxylation is 1. The van der Waals surface area contributed by atoms with Gasteiger partial charge in [-0.1, -0.05) is 23.4 Å². The molecule has 0 radical (unpaired) electrons. The van der Waals surface area contributed by atoms with Crippen molar-refractivity contribution in [2.24, 2.45) is 7.05 Å². The predicted octanol–water partition coefficient (Wildman–Crippen LogP) is 3.50. The molecule has 0 aliphatic carbocycles. The summed E-state index contributed by atoms with van der Waals surface area (Å²) in [6.07, 6.45) is 5.92. The molecule has 3 aromatic heterocycles. The maximum atomic E-state index is 13.3. The van der Waals surface area contributed by atoms with Gasteiger partial charge in [0.15, 0.2) is 11.5 Å². The number of aromatic nitrogens is 3. The molecule has 1 aliphatic rings. The van der Waals surface area contributed by atoms with Crippen LogP contribution in [0.5, 0.6) is 0 Å². The summed E-state index contributed by atoms with van der Waals surface area (Å²) in [6.45, 7) is 0.663. The standard InChI is InChI=1S/C23H23N5O3S/c1-24-22(29)21-17(16-7-3-4-8-20(16)32-21)10-15-6-5-9-28(15)23(30)18-11-19(31-26-18)14-12-25-27(2)13-14/h3-4,7-8,11-13,15H,5-6,9-10H2,1-2H3,(H,24,29). The largest absolute Gasteiger partial charge is 0.355 e. The first-order chi connectivity index (χ1) is 15.5. The average molecular weight is 450 g/mol. The molecule has 4 heterocycles. The topological polar surface area (TPSA) is 93.3 Å². The molecule has 1 saturated heterocycles. The van der Waals surface area contributed by atoms with E-state index in [9.17, 15) is 9.59 Å². The van der Waals surface area contributed by atoms with E-state index in [0.29, 0.717) is 23.6 Å². The van der Waals surface area contributed by atoms with E-state index < -0.39 is 0 Å². The van der Waals surface area contributed by atoms with E-state index in [1.54, 1.807) is 24.0 Å². The van der Waals surface area contributed by atoms with E-state index in [2.05, 4.69) is 15.6 Å². The zero-order chi connectivity index (χ0) is 22.2. The number of carbonyl (C=O) groups is 2. The van der Waals surface area contributed by atoms with E-state index in [-0.39, 0.29) is 23.6 Å². The first-order valence-corrected chi connectivity index (χ1v) is 11.4. The van der Waals surface area contributed by atoms with Crippen molar-refractivity contribution in [1.29, 1.82) is 0 Å². The number of rotatable bonds is 5. The first-order valence-electron chi connectivity index (χ1n) is 10.5. The van der Waals surface area contributed by atoms with Crippen LogP contribution in [0.1, 0.15) is 38.6 Å². The lowest BCUT2D eigenvalue weighted by molar-refractivity contribution is 0.0726. The molecular weight excluding hydrogens is 426 g/mol. The second-order valence-corrected chi connectivity index (χ2v) is 9.02. The van der Waals surface area contributed by atoms with E-state index in [0.717, 1.165) is 34.1 Å². The molecule has 4 aromatic rings. The Balaban J connectivity index is 1.42. The van der Waals surface area contributed by atoms with Gasteiger partial charge in [-0.25, -0.2) is 0 Å². The highest BCUT2D eigenvalue weighted by Crippen LogP contribution is 2.35. The zero-order valence-corrected chi connectivity index (χ0v) is 18.7. The SMILES string of the molecule is CNC(=O)c1sc2ccccc2c1CC1CCCN1C(=O)c1cc(-c2cnn(C)c2)on1. The Morgan fingerprint density at radius 1 is 1.31 bits per heavy atom. The van der Waals surface area contributed by atoms with Gasteiger partial charge in [0.2, 0.25) is 0 Å². The van der Waals surface area contributed by atoms with Gasteiger partial charge in [-0.3, -0.25) is 14.3 Å². The van der Waals surface area contributed by atoms with Crippen LogP contribution in [0.3, 0.4) is 0 Å². The fraction of sp³-hybridized carbons (Fsp3) is 0.304. The smallest absolute Gasteiger partial charge is 0.276 e. The maximum Gasteiger partial charge on any atom is 0.276 e. The second-order valence-electron chi connectivity index (χ2n) is 7.96. The van der Waals surface area contributed by atoms with Crippen LogP contribution in [0.4, 0.5) is 0 Å². The Labute approximate surface area is 188 Å². The van der Waals surface area contributed by atoms with Crippen molar-refractivity contribution >= 4 is 33.2 Å². The molecule has 1 atom stereocenters. The van der Waals surface area contributed by atoms with Crippen molar-refractivity contribution < 1.29 is 14.1 Å². The van der Waals surface area contributed by atoms with E-state index in [1.165, 1.54) is 11.3 Å². The van der Waals surface area contributed by atoms with Gasteiger partial charge in [0.25, 0.3) is 11.8 Å². The van der Waals surface area contributed by atoms with Crippen LogP contribution in [-0.2, 0) is 13.5 Å². The van der Waals surface area contributed by atoms with Gasteiger partial charge in [-0.2, -0.15) is 5.10 Å². The molecule has 1 aliphatic heterocycles. The number of benzene rings is 1. The fourth-order valence-corrected chi connectivity index (χ4v) is 5.54. The molecule has 1 aromatic carbocycles. The zero-order valence-electron chi connectivity index (χ0n) is 17.9. The van der Waals surface area contributed by atoms with Crippen LogP contribution < -0.4 is 5.32 Å². The van der Waals surface area contributed by atoms with Gasteiger partial charge >= 0.3 is 0 Å². The van der Waals surface area contributed by atoms with Gasteiger partial charge in [0.1, 0.15) is 0 Å². The third-order valence-corrected chi connectivity index (χ3v) is 7.14. The normalized spacial score (nSPS) is 16.1. The molecule has 32 heavy (non-hydrogen) atoms. The molecule has 2 amide bonds. The Bertz CT molecular complexity index is 1300. The number of carbonyl (C=O) groups excluding carboxylic acids is 2. The number of fused-ring (bicyclic) bond motifs is 1. The van der Waals surface area contributed by atoms with Gasteiger partial charge in [0, 0.05) is 43.6 Å². The Morgan fingerprint density at radius 2 is 2.16 bits per heavy atom. The van der Waals surface area contributed by atoms with E-state index in [1.807, 2.05) is 42.4 Å². The maximum absolute atomic E-state index is 13.3. The van der Waals surface area contributed by atoms with Crippen molar-refractivity contribution in [3.05, 3.63) is 58.9 Å². The average Bonchev–Trinajstić information content (AvgIpc) is 3.59. The monoisotopic (exact) mass is 449 g/mol. The third kappa shape index (κ3) is 3.58. The van der Waals surface area contributed by atoms with Crippen molar-refractivity contribution in [2.75, 3.05) is 13.6 Å². The third-order valence-electron chi connectivity index (χ3n) is 5.93. The van der Waals surface area contributed by atoms with Crippen LogP contribution in [0.15, 0.2) is 47.2 Å². The van der Waals surface area contributed by atoms with Crippen LogP contribution in [0, 0.1) is 0 Å². The number of hydrogen-bond acceptors (Lipinski definition) is 6. The summed E-state index contributed by atoms with van der Waals surface area (Å²) in [5.41, 5.74) is 2.07. The molecule has 1 N–H and O–H groups in total. The second kappa shape index (κ2) is 8.23. The highest BCUT2D eigenvalue weighted by molar-refractivity contribution is 7.21. The number of likely N-dealkylation sites (tertiary alicyclic amines) is 1. The fourth-order valence-electron chi connectivity index (χ4n) is 4.36. The first kappa shape index (κ1) is 20.4. The highest BCUT2D eigenvalue weighted by atomic mass is 32.1. The molecule has 0 spiro atoms. The van der Waals surface area contributed by atoms with Crippen molar-refractivity contribution in [2.45, 2.75) is 25.3 Å². The number of nitrogens with zero attached hydrogens (tertiary/aromatic N) is 4. The summed E-state index contributed by atoms with van der Waals surface area (Å²) in [5, 5.41) is 12.0. The van der Waals surface area contributed by atoms with Crippen LogP contribution in [-0.4, -0.2) is 51.3 Å². The Kier molecular flexibility index (Phi) is 5.26. The highest BCUT2D eigenvalue weighted by Gasteiger charge is 2.33. The summed E-state index contributed by atoms with van der Waals surface area (Å²) in [7, 11) is 3.47. The summed E-state index contributed by atoms with van der Waals surface area (Å²) in [6, 6.07) is 9.72. The van der Waals surface area contributed by atoms with Crippen molar-refractivity contribution in [3.63, 3.8) is 0 Å². The Morgan fingerprint density at radius 3 is 2.94 bits per heavy atom. The lowest BCUT2D eigenvalue weighted by Gasteiger charge is -2.24. The van der Waals surface area contributed by atoms with Crippen LogP contribution in [0.2, 0.25) is 0 Å². The molecule has 9 heteroatoms. The number of hydrogen-bond donors (Lipinski definition) is 1. The molecule has 0 saturated carbocycles. The summed E-state index contributed by atoms with van der Waals surface area (Å²) >= 11 is 1.50. The number of amides is 2. The molecule has 5 rings (SSSR count). The summed E-state index contributed by atoms with van der Waals surface area (Å²) in [5.74, 6) is 0.282. The minimum Gasteiger partial charge on any atom is -0.355 e. The molecular formula is C23H23N5O3S. The number of nitrogens with one attached hydrogen (secondary N) is 1. The minimum absolute atomic E-state index is 0.00227. The van der Waals surface area contributed by atoms with Gasteiger partial charge in [0.05, 0.1) is 16.6 Å². The van der Waals surface area contributed by atoms with Crippen molar-refractivity contribution in [3.8, 4) is 11.3 Å². The molecule has 164 valence electrons. The van der Waals surface area contributed by atoms with E-state index >= 15 is 0 Å². The van der Waals surface area contributed by atoms with Gasteiger partial charge in [-0.05, 0) is 36.3 Å². The number of thiophene rings is 1. The molecule has 1 fully saturated rings. The summed E-state index contributed by atoms with van der Waals surface area (Å²) in [4.78, 5) is 28.4.